The van der Waals surface area contributed by atoms with Crippen LogP contribution in [-0.2, 0) is 4.74 Å². The molecule has 106 valence electrons. The number of nitrogens with zero attached hydrogens (tertiary/aromatic N) is 3. The van der Waals surface area contributed by atoms with E-state index in [4.69, 9.17) is 10.6 Å². The summed E-state index contributed by atoms with van der Waals surface area (Å²) >= 11 is 3.35. The van der Waals surface area contributed by atoms with Gasteiger partial charge in [0.15, 0.2) is 17.6 Å². The molecule has 1 saturated heterocycles. The molecule has 1 atom stereocenters. The largest absolute Gasteiger partial charge is 0.356 e. The average Bonchev–Trinajstić information content (AvgIpc) is 2.86. The van der Waals surface area contributed by atoms with Crippen LogP contribution in [0.4, 0.5) is 0 Å². The normalized spacial score (nSPS) is 19.2. The topological polar surface area (TPSA) is 95.1 Å². The number of hydrogen-bond donors (Lipinski definition) is 2. The van der Waals surface area contributed by atoms with Gasteiger partial charge >= 0.3 is 0 Å². The standard InChI is InChI=1S/C12H14BrN5O2/c13-7-5-8-10(12(19)16-14)17-18(11(8)15-6-7)9-3-1-2-4-20-9/h5-6,9H,1-4,14H2,(H,16,19). The molecule has 3 rings (SSSR count). The van der Waals surface area contributed by atoms with Gasteiger partial charge in [-0.25, -0.2) is 15.5 Å². The van der Waals surface area contributed by atoms with Crippen molar-refractivity contribution in [3.05, 3.63) is 22.4 Å². The van der Waals surface area contributed by atoms with E-state index in [0.29, 0.717) is 17.6 Å². The van der Waals surface area contributed by atoms with Crippen LogP contribution in [0.2, 0.25) is 0 Å². The van der Waals surface area contributed by atoms with Gasteiger partial charge in [0.1, 0.15) is 0 Å². The van der Waals surface area contributed by atoms with Crippen molar-refractivity contribution in [2.75, 3.05) is 6.61 Å². The summed E-state index contributed by atoms with van der Waals surface area (Å²) in [7, 11) is 0. The number of aromatic nitrogens is 3. The molecule has 0 aliphatic carbocycles. The Morgan fingerprint density at radius 2 is 2.40 bits per heavy atom. The molecule has 0 spiro atoms. The lowest BCUT2D eigenvalue weighted by atomic mass is 10.2. The van der Waals surface area contributed by atoms with Gasteiger partial charge in [-0.15, -0.1) is 0 Å². The van der Waals surface area contributed by atoms with Crippen molar-refractivity contribution in [3.63, 3.8) is 0 Å². The number of ether oxygens (including phenoxy) is 1. The molecule has 1 fully saturated rings. The number of hydrazine groups is 1. The van der Waals surface area contributed by atoms with Crippen LogP contribution in [0.3, 0.4) is 0 Å². The molecule has 2 aromatic rings. The Morgan fingerprint density at radius 1 is 1.55 bits per heavy atom. The van der Waals surface area contributed by atoms with Gasteiger partial charge in [-0.2, -0.15) is 5.10 Å². The number of nitrogens with one attached hydrogen (secondary N) is 1. The molecule has 0 radical (unpaired) electrons. The van der Waals surface area contributed by atoms with Crippen LogP contribution in [-0.4, -0.2) is 27.3 Å². The van der Waals surface area contributed by atoms with E-state index in [-0.39, 0.29) is 11.9 Å². The highest BCUT2D eigenvalue weighted by atomic mass is 79.9. The smallest absolute Gasteiger partial charge is 0.286 e. The first kappa shape index (κ1) is 13.5. The van der Waals surface area contributed by atoms with Crippen molar-refractivity contribution in [1.82, 2.24) is 20.2 Å². The molecule has 0 saturated carbocycles. The van der Waals surface area contributed by atoms with Gasteiger partial charge in [-0.3, -0.25) is 10.2 Å². The monoisotopic (exact) mass is 339 g/mol. The number of amides is 1. The summed E-state index contributed by atoms with van der Waals surface area (Å²) in [6, 6.07) is 1.80. The van der Waals surface area contributed by atoms with Crippen molar-refractivity contribution < 1.29 is 9.53 Å². The highest BCUT2D eigenvalue weighted by molar-refractivity contribution is 9.10. The molecular formula is C12H14BrN5O2. The zero-order chi connectivity index (χ0) is 14.1. The van der Waals surface area contributed by atoms with Crippen LogP contribution >= 0.6 is 15.9 Å². The zero-order valence-electron chi connectivity index (χ0n) is 10.7. The van der Waals surface area contributed by atoms with Crippen LogP contribution < -0.4 is 11.3 Å². The fraction of sp³-hybridized carbons (Fsp3) is 0.417. The highest BCUT2D eigenvalue weighted by Gasteiger charge is 2.24. The first-order valence-electron chi connectivity index (χ1n) is 6.37. The van der Waals surface area contributed by atoms with E-state index >= 15 is 0 Å². The van der Waals surface area contributed by atoms with E-state index in [1.54, 1.807) is 16.9 Å². The number of nitrogen functional groups attached to an aromatic ring is 1. The van der Waals surface area contributed by atoms with Crippen LogP contribution in [0, 0.1) is 0 Å². The van der Waals surface area contributed by atoms with Gasteiger partial charge in [-0.1, -0.05) is 0 Å². The Bertz CT molecular complexity index is 651. The third kappa shape index (κ3) is 2.30. The molecule has 1 aliphatic rings. The van der Waals surface area contributed by atoms with E-state index in [9.17, 15) is 4.79 Å². The Balaban J connectivity index is 2.14. The molecule has 0 aromatic carbocycles. The number of carbonyl (C=O) groups excluding carboxylic acids is 1. The summed E-state index contributed by atoms with van der Waals surface area (Å²) in [6.07, 6.45) is 4.47. The van der Waals surface area contributed by atoms with E-state index in [1.807, 2.05) is 0 Å². The predicted molar refractivity (Wildman–Crippen MR) is 75.7 cm³/mol. The lowest BCUT2D eigenvalue weighted by Crippen LogP contribution is -2.30. The van der Waals surface area contributed by atoms with Gasteiger partial charge in [0, 0.05) is 17.3 Å². The minimum atomic E-state index is -0.440. The van der Waals surface area contributed by atoms with E-state index < -0.39 is 5.91 Å². The lowest BCUT2D eigenvalue weighted by molar-refractivity contribution is -0.0371. The molecule has 1 unspecified atom stereocenters. The molecule has 20 heavy (non-hydrogen) atoms. The molecule has 0 bridgehead atoms. The van der Waals surface area contributed by atoms with Crippen LogP contribution in [0.1, 0.15) is 36.0 Å². The summed E-state index contributed by atoms with van der Waals surface area (Å²) < 4.78 is 8.16. The van der Waals surface area contributed by atoms with Crippen LogP contribution in [0.15, 0.2) is 16.7 Å². The Labute approximate surface area is 123 Å². The van der Waals surface area contributed by atoms with Crippen molar-refractivity contribution in [2.45, 2.75) is 25.5 Å². The van der Waals surface area contributed by atoms with Crippen LogP contribution in [0.25, 0.3) is 11.0 Å². The van der Waals surface area contributed by atoms with Gasteiger partial charge < -0.3 is 4.74 Å². The molecule has 3 heterocycles. The van der Waals surface area contributed by atoms with Gasteiger partial charge in [0.2, 0.25) is 0 Å². The van der Waals surface area contributed by atoms with E-state index in [0.717, 1.165) is 23.7 Å². The number of rotatable bonds is 2. The third-order valence-electron chi connectivity index (χ3n) is 3.29. The van der Waals surface area contributed by atoms with Gasteiger partial charge in [0.25, 0.3) is 5.91 Å². The third-order valence-corrected chi connectivity index (χ3v) is 3.72. The molecule has 2 aromatic heterocycles. The number of fused-ring (bicyclic) bond motifs is 1. The average molecular weight is 340 g/mol. The Kier molecular flexibility index (Phi) is 3.68. The van der Waals surface area contributed by atoms with Crippen molar-refractivity contribution in [3.8, 4) is 0 Å². The summed E-state index contributed by atoms with van der Waals surface area (Å²) in [6.45, 7) is 0.695. The molecule has 7 nitrogen and oxygen atoms in total. The van der Waals surface area contributed by atoms with Crippen LogP contribution in [0.5, 0.6) is 0 Å². The summed E-state index contributed by atoms with van der Waals surface area (Å²) in [5.41, 5.74) is 2.99. The SMILES string of the molecule is NNC(=O)c1nn(C2CCCCO2)c2ncc(Br)cc12. The van der Waals surface area contributed by atoms with Gasteiger partial charge in [-0.05, 0) is 41.3 Å². The molecular weight excluding hydrogens is 326 g/mol. The minimum Gasteiger partial charge on any atom is -0.356 e. The number of hydrogen-bond acceptors (Lipinski definition) is 5. The van der Waals surface area contributed by atoms with Crippen molar-refractivity contribution in [2.24, 2.45) is 5.84 Å². The molecule has 1 amide bonds. The zero-order valence-corrected chi connectivity index (χ0v) is 12.3. The maximum atomic E-state index is 11.8. The van der Waals surface area contributed by atoms with Crippen molar-refractivity contribution in [1.29, 1.82) is 0 Å². The first-order valence-corrected chi connectivity index (χ1v) is 7.16. The van der Waals surface area contributed by atoms with Gasteiger partial charge in [0.05, 0.1) is 5.39 Å². The predicted octanol–water partition coefficient (Wildman–Crippen LogP) is 1.50. The second kappa shape index (κ2) is 5.47. The summed E-state index contributed by atoms with van der Waals surface area (Å²) in [5, 5.41) is 4.99. The van der Waals surface area contributed by atoms with E-state index in [2.05, 4.69) is 31.4 Å². The number of halogens is 1. The summed E-state index contributed by atoms with van der Waals surface area (Å²) in [5.74, 6) is 4.77. The Hall–Kier alpha value is -1.51. The Morgan fingerprint density at radius 3 is 3.10 bits per heavy atom. The second-order valence-electron chi connectivity index (χ2n) is 4.61. The second-order valence-corrected chi connectivity index (χ2v) is 5.53. The quantitative estimate of drug-likeness (QED) is 0.491. The fourth-order valence-corrected chi connectivity index (χ4v) is 2.68. The molecule has 1 aliphatic heterocycles. The molecule has 3 N–H and O–H groups in total. The lowest BCUT2D eigenvalue weighted by Gasteiger charge is -2.22. The maximum Gasteiger partial charge on any atom is 0.286 e. The highest BCUT2D eigenvalue weighted by Crippen LogP contribution is 2.28. The maximum absolute atomic E-state index is 11.8. The number of pyridine rings is 1. The fourth-order valence-electron chi connectivity index (χ4n) is 2.35. The molecule has 8 heteroatoms. The first-order chi connectivity index (χ1) is 9.70. The van der Waals surface area contributed by atoms with Crippen molar-refractivity contribution >= 4 is 32.9 Å². The minimum absolute atomic E-state index is 0.181. The van der Waals surface area contributed by atoms with E-state index in [1.165, 1.54) is 0 Å². The summed E-state index contributed by atoms with van der Waals surface area (Å²) in [4.78, 5) is 16.2. The number of carbonyl (C=O) groups is 1. The number of nitrogens with two attached hydrogens (primary N) is 1.